The maximum absolute atomic E-state index is 12.7. The molecule has 0 atom stereocenters. The standard InChI is InChI=1S/C22H22N2OS/c1-3-18-14-8-9-15-19(18)23-22-24(4-2)21(25)20(26-22)16-10-13-17-11-6-5-7-12-17/h5-16H,3-4H2,1-2H3/b13-10+,20-16+,23-22?. The molecule has 0 aliphatic carbocycles. The SMILES string of the molecule is CCc1ccccc1N=C1S/C(=C/C=C/c2ccccc2)C(=O)N1CC. The summed E-state index contributed by atoms with van der Waals surface area (Å²) in [5.74, 6) is 0.0166. The predicted molar refractivity (Wildman–Crippen MR) is 111 cm³/mol. The molecule has 2 aromatic carbocycles. The summed E-state index contributed by atoms with van der Waals surface area (Å²) in [5, 5.41) is 0.748. The van der Waals surface area contributed by atoms with Crippen molar-refractivity contribution < 1.29 is 4.79 Å². The van der Waals surface area contributed by atoms with Crippen molar-refractivity contribution in [2.75, 3.05) is 6.54 Å². The van der Waals surface area contributed by atoms with Crippen LogP contribution in [0.25, 0.3) is 6.08 Å². The molecule has 26 heavy (non-hydrogen) atoms. The number of rotatable bonds is 5. The molecule has 3 nitrogen and oxygen atoms in total. The lowest BCUT2D eigenvalue weighted by atomic mass is 10.1. The summed E-state index contributed by atoms with van der Waals surface area (Å²) >= 11 is 1.44. The zero-order valence-electron chi connectivity index (χ0n) is 15.1. The average Bonchev–Trinajstić information content (AvgIpc) is 2.97. The van der Waals surface area contributed by atoms with Crippen molar-refractivity contribution in [2.45, 2.75) is 20.3 Å². The Morgan fingerprint density at radius 2 is 1.77 bits per heavy atom. The van der Waals surface area contributed by atoms with Gasteiger partial charge in [-0.2, -0.15) is 0 Å². The summed E-state index contributed by atoms with van der Waals surface area (Å²) < 4.78 is 0. The van der Waals surface area contributed by atoms with Gasteiger partial charge in [0.1, 0.15) is 0 Å². The normalized spacial score (nSPS) is 17.8. The van der Waals surface area contributed by atoms with Crippen molar-refractivity contribution in [2.24, 2.45) is 4.99 Å². The highest BCUT2D eigenvalue weighted by Gasteiger charge is 2.31. The average molecular weight is 362 g/mol. The van der Waals surface area contributed by atoms with Crippen LogP contribution in [-0.2, 0) is 11.2 Å². The molecule has 0 radical (unpaired) electrons. The number of aliphatic imine (C=N–C) groups is 1. The number of para-hydroxylation sites is 1. The van der Waals surface area contributed by atoms with Gasteiger partial charge in [0, 0.05) is 6.54 Å². The lowest BCUT2D eigenvalue weighted by molar-refractivity contribution is -0.122. The third kappa shape index (κ3) is 4.14. The molecule has 3 rings (SSSR count). The molecule has 0 aromatic heterocycles. The van der Waals surface area contributed by atoms with Gasteiger partial charge in [0.15, 0.2) is 5.17 Å². The van der Waals surface area contributed by atoms with E-state index in [2.05, 4.69) is 13.0 Å². The van der Waals surface area contributed by atoms with Crippen molar-refractivity contribution in [1.82, 2.24) is 4.90 Å². The topological polar surface area (TPSA) is 32.7 Å². The van der Waals surface area contributed by atoms with Crippen LogP contribution in [-0.4, -0.2) is 22.5 Å². The maximum Gasteiger partial charge on any atom is 0.266 e. The minimum absolute atomic E-state index is 0.0166. The van der Waals surface area contributed by atoms with E-state index < -0.39 is 0 Å². The molecule has 1 heterocycles. The van der Waals surface area contributed by atoms with Crippen LogP contribution in [0.2, 0.25) is 0 Å². The van der Waals surface area contributed by atoms with E-state index in [-0.39, 0.29) is 5.91 Å². The third-order valence-corrected chi connectivity index (χ3v) is 5.15. The molecule has 2 aromatic rings. The van der Waals surface area contributed by atoms with E-state index in [9.17, 15) is 4.79 Å². The van der Waals surface area contributed by atoms with Gasteiger partial charge in [0.05, 0.1) is 10.6 Å². The largest absolute Gasteiger partial charge is 0.287 e. The summed E-state index contributed by atoms with van der Waals surface area (Å²) in [6.07, 6.45) is 6.71. The summed E-state index contributed by atoms with van der Waals surface area (Å²) in [4.78, 5) is 19.9. The number of aryl methyl sites for hydroxylation is 1. The van der Waals surface area contributed by atoms with Gasteiger partial charge < -0.3 is 0 Å². The second-order valence-corrected chi connectivity index (χ2v) is 6.84. The van der Waals surface area contributed by atoms with Crippen molar-refractivity contribution in [3.8, 4) is 0 Å². The first-order valence-corrected chi connectivity index (χ1v) is 9.64. The van der Waals surface area contributed by atoms with Crippen LogP contribution in [0, 0.1) is 0 Å². The van der Waals surface area contributed by atoms with Crippen LogP contribution in [0.1, 0.15) is 25.0 Å². The first kappa shape index (κ1) is 18.2. The van der Waals surface area contributed by atoms with E-state index in [0.717, 1.165) is 22.8 Å². The van der Waals surface area contributed by atoms with E-state index in [1.165, 1.54) is 17.3 Å². The minimum Gasteiger partial charge on any atom is -0.287 e. The number of amidine groups is 1. The van der Waals surface area contributed by atoms with Gasteiger partial charge in [-0.05, 0) is 48.4 Å². The highest BCUT2D eigenvalue weighted by atomic mass is 32.2. The van der Waals surface area contributed by atoms with Crippen molar-refractivity contribution >= 4 is 34.6 Å². The van der Waals surface area contributed by atoms with Gasteiger partial charge in [0.25, 0.3) is 5.91 Å². The first-order valence-electron chi connectivity index (χ1n) is 8.82. The molecule has 1 saturated heterocycles. The fourth-order valence-electron chi connectivity index (χ4n) is 2.72. The van der Waals surface area contributed by atoms with Crippen molar-refractivity contribution in [3.63, 3.8) is 0 Å². The second-order valence-electron chi connectivity index (χ2n) is 5.83. The van der Waals surface area contributed by atoms with Gasteiger partial charge >= 0.3 is 0 Å². The van der Waals surface area contributed by atoms with Crippen LogP contribution in [0.3, 0.4) is 0 Å². The minimum atomic E-state index is 0.0166. The van der Waals surface area contributed by atoms with Crippen LogP contribution < -0.4 is 0 Å². The van der Waals surface area contributed by atoms with Crippen LogP contribution in [0.15, 0.2) is 76.6 Å². The molecule has 0 N–H and O–H groups in total. The number of allylic oxidation sites excluding steroid dienone is 2. The molecule has 1 aliphatic rings. The molecule has 4 heteroatoms. The summed E-state index contributed by atoms with van der Waals surface area (Å²) in [7, 11) is 0. The van der Waals surface area contributed by atoms with E-state index >= 15 is 0 Å². The number of nitrogens with zero attached hydrogens (tertiary/aromatic N) is 2. The quantitative estimate of drug-likeness (QED) is 0.665. The zero-order chi connectivity index (χ0) is 18.4. The van der Waals surface area contributed by atoms with E-state index in [0.29, 0.717) is 11.4 Å². The molecule has 1 amide bonds. The summed E-state index contributed by atoms with van der Waals surface area (Å²) in [6.45, 7) is 4.70. The lowest BCUT2D eigenvalue weighted by Gasteiger charge is -2.12. The number of amides is 1. The Kier molecular flexibility index (Phi) is 6.08. The Hall–Kier alpha value is -2.59. The molecule has 1 aliphatic heterocycles. The van der Waals surface area contributed by atoms with Crippen molar-refractivity contribution in [1.29, 1.82) is 0 Å². The Morgan fingerprint density at radius 3 is 2.50 bits per heavy atom. The Labute approximate surface area is 159 Å². The molecular formula is C22H22N2OS. The fraction of sp³-hybridized carbons (Fsp3) is 0.182. The van der Waals surface area contributed by atoms with E-state index in [1.807, 2.05) is 73.7 Å². The van der Waals surface area contributed by atoms with Gasteiger partial charge in [-0.15, -0.1) is 0 Å². The van der Waals surface area contributed by atoms with E-state index in [1.54, 1.807) is 4.90 Å². The smallest absolute Gasteiger partial charge is 0.266 e. The molecule has 0 spiro atoms. The van der Waals surface area contributed by atoms with Crippen molar-refractivity contribution in [3.05, 3.63) is 82.8 Å². The van der Waals surface area contributed by atoms with Gasteiger partial charge in [0.2, 0.25) is 0 Å². The zero-order valence-corrected chi connectivity index (χ0v) is 15.9. The molecule has 0 saturated carbocycles. The van der Waals surface area contributed by atoms with Gasteiger partial charge in [-0.25, -0.2) is 4.99 Å². The fourth-order valence-corrected chi connectivity index (χ4v) is 3.72. The number of thioether (sulfide) groups is 1. The summed E-state index contributed by atoms with van der Waals surface area (Å²) in [6, 6.07) is 18.1. The van der Waals surface area contributed by atoms with Gasteiger partial charge in [-0.1, -0.05) is 67.6 Å². The number of hydrogen-bond acceptors (Lipinski definition) is 3. The molecule has 132 valence electrons. The lowest BCUT2D eigenvalue weighted by Crippen LogP contribution is -2.28. The molecular weight excluding hydrogens is 340 g/mol. The first-order chi connectivity index (χ1) is 12.7. The summed E-state index contributed by atoms with van der Waals surface area (Å²) in [5.41, 5.74) is 3.23. The number of hydrogen-bond donors (Lipinski definition) is 0. The Morgan fingerprint density at radius 1 is 1.04 bits per heavy atom. The van der Waals surface area contributed by atoms with Gasteiger partial charge in [-0.3, -0.25) is 9.69 Å². The Bertz CT molecular complexity index is 869. The van der Waals surface area contributed by atoms with Crippen LogP contribution in [0.5, 0.6) is 0 Å². The number of likely N-dealkylation sites (N-methyl/N-ethyl adjacent to an activating group) is 1. The highest BCUT2D eigenvalue weighted by molar-refractivity contribution is 8.18. The van der Waals surface area contributed by atoms with Crippen LogP contribution >= 0.6 is 11.8 Å². The number of carbonyl (C=O) groups excluding carboxylic acids is 1. The van der Waals surface area contributed by atoms with E-state index in [4.69, 9.17) is 4.99 Å². The maximum atomic E-state index is 12.7. The molecule has 0 unspecified atom stereocenters. The molecule has 0 bridgehead atoms. The third-order valence-electron chi connectivity index (χ3n) is 4.13. The second kappa shape index (κ2) is 8.68. The number of benzene rings is 2. The number of carbonyl (C=O) groups is 1. The Balaban J connectivity index is 1.85. The highest BCUT2D eigenvalue weighted by Crippen LogP contribution is 2.33. The monoisotopic (exact) mass is 362 g/mol. The van der Waals surface area contributed by atoms with Crippen LogP contribution in [0.4, 0.5) is 5.69 Å². The predicted octanol–water partition coefficient (Wildman–Crippen LogP) is 5.43. The molecule has 1 fully saturated rings.